The van der Waals surface area contributed by atoms with Gasteiger partial charge in [0.05, 0.1) is 0 Å². The lowest BCUT2D eigenvalue weighted by atomic mass is 9.68. The van der Waals surface area contributed by atoms with Crippen molar-refractivity contribution in [2.75, 3.05) is 0 Å². The molecule has 0 saturated heterocycles. The first-order chi connectivity index (χ1) is 11.4. The van der Waals surface area contributed by atoms with Gasteiger partial charge in [-0.25, -0.2) is 0 Å². The van der Waals surface area contributed by atoms with E-state index in [1.807, 2.05) is 0 Å². The first kappa shape index (κ1) is 16.8. The summed E-state index contributed by atoms with van der Waals surface area (Å²) >= 11 is 0. The molecule has 0 nitrogen and oxygen atoms in total. The minimum absolute atomic E-state index is 0.838. The molecule has 1 aromatic rings. The lowest BCUT2D eigenvalue weighted by Gasteiger charge is -2.38. The summed E-state index contributed by atoms with van der Waals surface area (Å²) < 4.78 is 0. The summed E-state index contributed by atoms with van der Waals surface area (Å²) in [5, 5.41) is 0. The van der Waals surface area contributed by atoms with Gasteiger partial charge in [0.1, 0.15) is 0 Å². The van der Waals surface area contributed by atoms with Crippen molar-refractivity contribution in [3.63, 3.8) is 0 Å². The molecule has 0 amide bonds. The summed E-state index contributed by atoms with van der Waals surface area (Å²) in [6, 6.07) is 11.2. The highest BCUT2D eigenvalue weighted by Crippen LogP contribution is 2.44. The molecule has 0 spiro atoms. The molecular weight excluding hydrogens is 276 g/mol. The van der Waals surface area contributed by atoms with E-state index in [1.54, 1.807) is 5.56 Å². The fourth-order valence-corrected chi connectivity index (χ4v) is 5.10. The molecule has 0 N–H and O–H groups in total. The van der Waals surface area contributed by atoms with E-state index < -0.39 is 0 Å². The van der Waals surface area contributed by atoms with Crippen LogP contribution < -0.4 is 0 Å². The van der Waals surface area contributed by atoms with E-state index in [0.717, 1.165) is 23.7 Å². The van der Waals surface area contributed by atoms with Crippen LogP contribution in [0.15, 0.2) is 42.5 Å². The van der Waals surface area contributed by atoms with Crippen molar-refractivity contribution in [2.45, 2.75) is 77.0 Å². The monoisotopic (exact) mass is 310 g/mol. The van der Waals surface area contributed by atoms with Gasteiger partial charge in [-0.15, -0.1) is 0 Å². The van der Waals surface area contributed by atoms with Gasteiger partial charge < -0.3 is 0 Å². The topological polar surface area (TPSA) is 0 Å². The van der Waals surface area contributed by atoms with Crippen molar-refractivity contribution in [3.05, 3.63) is 48.0 Å². The number of rotatable bonds is 5. The van der Waals surface area contributed by atoms with Gasteiger partial charge in [-0.3, -0.25) is 0 Å². The number of hydrogen-bond acceptors (Lipinski definition) is 0. The lowest BCUT2D eigenvalue weighted by molar-refractivity contribution is 0.157. The molecule has 23 heavy (non-hydrogen) atoms. The Morgan fingerprint density at radius 2 is 1.43 bits per heavy atom. The first-order valence-electron chi connectivity index (χ1n) is 10.0. The molecule has 0 atom stereocenters. The van der Waals surface area contributed by atoms with Gasteiger partial charge in [0.15, 0.2) is 0 Å². The Bertz CT molecular complexity index is 456. The summed E-state index contributed by atoms with van der Waals surface area (Å²) in [5.74, 6) is 3.93. The van der Waals surface area contributed by atoms with E-state index >= 15 is 0 Å². The van der Waals surface area contributed by atoms with Crippen LogP contribution in [0.25, 0.3) is 0 Å². The average Bonchev–Trinajstić information content (AvgIpc) is 2.63. The zero-order chi connectivity index (χ0) is 15.9. The third kappa shape index (κ3) is 4.72. The fraction of sp³-hybridized carbons (Fsp3) is 0.652. The normalized spacial score (nSPS) is 32.2. The highest BCUT2D eigenvalue weighted by molar-refractivity contribution is 5.19. The molecule has 0 aliphatic heterocycles. The zero-order valence-electron chi connectivity index (χ0n) is 14.9. The first-order valence-corrected chi connectivity index (χ1v) is 10.0. The summed E-state index contributed by atoms with van der Waals surface area (Å²) in [7, 11) is 0. The van der Waals surface area contributed by atoms with Crippen molar-refractivity contribution >= 4 is 0 Å². The summed E-state index contributed by atoms with van der Waals surface area (Å²) in [6.45, 7) is 2.14. The number of allylic oxidation sites excluding steroid dienone is 2. The predicted octanol–water partition coefficient (Wildman–Crippen LogP) is 7.12. The van der Waals surface area contributed by atoms with E-state index in [9.17, 15) is 0 Å². The standard InChI is InChI=1S/C23H34/c1-2-3-5-8-19-11-13-21(14-12-19)23-17-15-22(16-18-23)20-9-6-4-7-10-20/h2-4,6-7,9-10,19,21-23H,5,8,11-18H2,1H3/b3-2+. The van der Waals surface area contributed by atoms with Crippen LogP contribution in [-0.4, -0.2) is 0 Å². The quantitative estimate of drug-likeness (QED) is 0.508. The van der Waals surface area contributed by atoms with E-state index in [-0.39, 0.29) is 0 Å². The average molecular weight is 311 g/mol. The van der Waals surface area contributed by atoms with Gasteiger partial charge in [-0.05, 0) is 87.5 Å². The molecule has 0 bridgehead atoms. The van der Waals surface area contributed by atoms with Crippen molar-refractivity contribution in [2.24, 2.45) is 17.8 Å². The molecule has 0 radical (unpaired) electrons. The fourth-order valence-electron chi connectivity index (χ4n) is 5.10. The van der Waals surface area contributed by atoms with Crippen LogP contribution in [0.4, 0.5) is 0 Å². The molecule has 2 aliphatic carbocycles. The van der Waals surface area contributed by atoms with Crippen molar-refractivity contribution < 1.29 is 0 Å². The molecule has 126 valence electrons. The Labute approximate surface area is 143 Å². The molecule has 3 rings (SSSR count). The van der Waals surface area contributed by atoms with E-state index in [2.05, 4.69) is 49.4 Å². The Morgan fingerprint density at radius 3 is 2.04 bits per heavy atom. The minimum Gasteiger partial charge on any atom is -0.0917 e. The molecule has 2 fully saturated rings. The third-order valence-corrected chi connectivity index (χ3v) is 6.58. The second-order valence-corrected chi connectivity index (χ2v) is 7.95. The van der Waals surface area contributed by atoms with Crippen LogP contribution in [0, 0.1) is 17.8 Å². The van der Waals surface area contributed by atoms with Crippen molar-refractivity contribution in [1.82, 2.24) is 0 Å². The summed E-state index contributed by atoms with van der Waals surface area (Å²) in [5.41, 5.74) is 1.58. The Hall–Kier alpha value is -1.04. The molecule has 0 aromatic heterocycles. The van der Waals surface area contributed by atoms with Crippen LogP contribution >= 0.6 is 0 Å². The van der Waals surface area contributed by atoms with Gasteiger partial charge in [-0.1, -0.05) is 55.3 Å². The third-order valence-electron chi connectivity index (χ3n) is 6.58. The SMILES string of the molecule is C/C=C/CCC1CCC(C2CCC(c3ccccc3)CC2)CC1. The van der Waals surface area contributed by atoms with Crippen LogP contribution in [0.5, 0.6) is 0 Å². The van der Waals surface area contributed by atoms with Crippen LogP contribution in [-0.2, 0) is 0 Å². The molecule has 2 aliphatic rings. The molecular formula is C23H34. The van der Waals surface area contributed by atoms with Crippen molar-refractivity contribution in [1.29, 1.82) is 0 Å². The predicted molar refractivity (Wildman–Crippen MR) is 101 cm³/mol. The van der Waals surface area contributed by atoms with Gasteiger partial charge in [-0.2, -0.15) is 0 Å². The molecule has 0 unspecified atom stereocenters. The molecule has 1 aromatic carbocycles. The Morgan fingerprint density at radius 1 is 0.826 bits per heavy atom. The van der Waals surface area contributed by atoms with Gasteiger partial charge in [0, 0.05) is 0 Å². The molecule has 0 heteroatoms. The number of benzene rings is 1. The van der Waals surface area contributed by atoms with Crippen LogP contribution in [0.3, 0.4) is 0 Å². The van der Waals surface area contributed by atoms with Gasteiger partial charge >= 0.3 is 0 Å². The maximum Gasteiger partial charge on any atom is -0.0162 e. The van der Waals surface area contributed by atoms with Crippen LogP contribution in [0.2, 0.25) is 0 Å². The summed E-state index contributed by atoms with van der Waals surface area (Å²) in [4.78, 5) is 0. The zero-order valence-corrected chi connectivity index (χ0v) is 14.9. The second-order valence-electron chi connectivity index (χ2n) is 7.95. The largest absolute Gasteiger partial charge is 0.0917 e. The van der Waals surface area contributed by atoms with E-state index in [4.69, 9.17) is 0 Å². The highest BCUT2D eigenvalue weighted by Gasteiger charge is 2.30. The highest BCUT2D eigenvalue weighted by atomic mass is 14.4. The molecule has 2 saturated carbocycles. The maximum absolute atomic E-state index is 2.34. The van der Waals surface area contributed by atoms with E-state index in [0.29, 0.717) is 0 Å². The van der Waals surface area contributed by atoms with E-state index in [1.165, 1.54) is 64.2 Å². The summed E-state index contributed by atoms with van der Waals surface area (Å²) in [6.07, 6.45) is 19.1. The second kappa shape index (κ2) is 8.71. The Kier molecular flexibility index (Phi) is 6.37. The van der Waals surface area contributed by atoms with Crippen molar-refractivity contribution in [3.8, 4) is 0 Å². The smallest absolute Gasteiger partial charge is 0.0162 e. The maximum atomic E-state index is 2.34. The Balaban J connectivity index is 1.41. The van der Waals surface area contributed by atoms with Gasteiger partial charge in [0.2, 0.25) is 0 Å². The number of hydrogen-bond donors (Lipinski definition) is 0. The lowest BCUT2D eigenvalue weighted by Crippen LogP contribution is -2.25. The molecule has 0 heterocycles. The van der Waals surface area contributed by atoms with Gasteiger partial charge in [0.25, 0.3) is 0 Å². The minimum atomic E-state index is 0.838. The van der Waals surface area contributed by atoms with Crippen LogP contribution in [0.1, 0.15) is 82.6 Å².